The van der Waals surface area contributed by atoms with Crippen LogP contribution in [0, 0.1) is 19.8 Å². The maximum absolute atomic E-state index is 12.8. The molecule has 0 radical (unpaired) electrons. The van der Waals surface area contributed by atoms with Crippen LogP contribution in [0.5, 0.6) is 0 Å². The van der Waals surface area contributed by atoms with Crippen LogP contribution in [0.4, 0.5) is 5.69 Å². The zero-order valence-corrected chi connectivity index (χ0v) is 15.6. The molecule has 0 aliphatic heterocycles. The molecule has 0 aliphatic carbocycles. The molecule has 2 N–H and O–H groups in total. The Morgan fingerprint density at radius 2 is 2.04 bits per heavy atom. The van der Waals surface area contributed by atoms with E-state index in [0.29, 0.717) is 29.2 Å². The van der Waals surface area contributed by atoms with Gasteiger partial charge in [0, 0.05) is 12.7 Å². The smallest absolute Gasteiger partial charge is 0.263 e. The molecule has 0 saturated heterocycles. The van der Waals surface area contributed by atoms with E-state index in [1.807, 2.05) is 25.1 Å². The van der Waals surface area contributed by atoms with Crippen LogP contribution in [-0.4, -0.2) is 20.4 Å². The lowest BCUT2D eigenvalue weighted by atomic mass is 10.1. The van der Waals surface area contributed by atoms with E-state index >= 15 is 0 Å². The Morgan fingerprint density at radius 1 is 1.27 bits per heavy atom. The number of aromatic nitrogens is 3. The van der Waals surface area contributed by atoms with Gasteiger partial charge in [0.2, 0.25) is 0 Å². The van der Waals surface area contributed by atoms with Crippen molar-refractivity contribution in [1.82, 2.24) is 14.5 Å². The fraction of sp³-hybridized carbons (Fsp3) is 0.350. The van der Waals surface area contributed by atoms with E-state index in [1.165, 1.54) is 0 Å². The van der Waals surface area contributed by atoms with Gasteiger partial charge in [-0.1, -0.05) is 19.9 Å². The summed E-state index contributed by atoms with van der Waals surface area (Å²) in [5.41, 5.74) is 2.72. The highest BCUT2D eigenvalue weighted by Crippen LogP contribution is 2.21. The Balaban J connectivity index is 1.94. The predicted molar refractivity (Wildman–Crippen MR) is 104 cm³/mol. The van der Waals surface area contributed by atoms with Gasteiger partial charge in [0.25, 0.3) is 11.5 Å². The highest BCUT2D eigenvalue weighted by Gasteiger charge is 2.17. The number of para-hydroxylation sites is 1. The number of aromatic amines is 1. The molecular weight excluding hydrogens is 328 g/mol. The quantitative estimate of drug-likeness (QED) is 0.736. The van der Waals surface area contributed by atoms with Crippen LogP contribution in [0.2, 0.25) is 0 Å². The summed E-state index contributed by atoms with van der Waals surface area (Å²) in [5.74, 6) is 0.856. The predicted octanol–water partition coefficient (Wildman–Crippen LogP) is 3.64. The average molecular weight is 352 g/mol. The summed E-state index contributed by atoms with van der Waals surface area (Å²) < 4.78 is 1.61. The summed E-state index contributed by atoms with van der Waals surface area (Å²) in [6.07, 6.45) is 2.64. The molecule has 6 nitrogen and oxygen atoms in total. The minimum atomic E-state index is -0.403. The van der Waals surface area contributed by atoms with Crippen LogP contribution < -0.4 is 10.9 Å². The van der Waals surface area contributed by atoms with E-state index in [9.17, 15) is 9.59 Å². The number of carbonyl (C=O) groups is 1. The van der Waals surface area contributed by atoms with Crippen molar-refractivity contribution in [2.75, 3.05) is 5.32 Å². The van der Waals surface area contributed by atoms with Crippen LogP contribution in [0.1, 0.15) is 42.0 Å². The van der Waals surface area contributed by atoms with Crippen LogP contribution >= 0.6 is 0 Å². The van der Waals surface area contributed by atoms with Gasteiger partial charge in [-0.2, -0.15) is 0 Å². The Hall–Kier alpha value is -2.89. The van der Waals surface area contributed by atoms with Crippen molar-refractivity contribution in [3.05, 3.63) is 57.8 Å². The molecule has 26 heavy (non-hydrogen) atoms. The van der Waals surface area contributed by atoms with Crippen LogP contribution in [-0.2, 0) is 6.54 Å². The fourth-order valence-corrected chi connectivity index (χ4v) is 2.96. The van der Waals surface area contributed by atoms with Crippen molar-refractivity contribution in [3.63, 3.8) is 0 Å². The van der Waals surface area contributed by atoms with Gasteiger partial charge in [0.15, 0.2) is 0 Å². The number of rotatable bonds is 5. The molecule has 1 amide bonds. The minimum Gasteiger partial charge on any atom is -0.342 e. The van der Waals surface area contributed by atoms with Gasteiger partial charge >= 0.3 is 0 Å². The number of anilines is 1. The monoisotopic (exact) mass is 352 g/mol. The lowest BCUT2D eigenvalue weighted by molar-refractivity contribution is 0.102. The molecule has 3 aromatic rings. The topological polar surface area (TPSA) is 79.8 Å². The molecule has 0 fully saturated rings. The van der Waals surface area contributed by atoms with Crippen LogP contribution in [0.3, 0.4) is 0 Å². The SMILES string of the molecule is Cc1nc2c(NC(=O)c3c(C)ccn(CCC(C)C)c3=O)cccc2[nH]1. The van der Waals surface area contributed by atoms with Crippen molar-refractivity contribution in [2.45, 2.75) is 40.7 Å². The Morgan fingerprint density at radius 3 is 2.77 bits per heavy atom. The van der Waals surface area contributed by atoms with Gasteiger partial charge in [0.05, 0.1) is 11.2 Å². The normalized spacial score (nSPS) is 11.3. The van der Waals surface area contributed by atoms with Crippen molar-refractivity contribution in [1.29, 1.82) is 0 Å². The van der Waals surface area contributed by atoms with Gasteiger partial charge in [-0.3, -0.25) is 9.59 Å². The molecule has 0 saturated carbocycles. The van der Waals surface area contributed by atoms with Gasteiger partial charge in [-0.05, 0) is 49.9 Å². The van der Waals surface area contributed by atoms with E-state index in [1.54, 1.807) is 23.8 Å². The van der Waals surface area contributed by atoms with Crippen molar-refractivity contribution in [2.24, 2.45) is 5.92 Å². The van der Waals surface area contributed by atoms with E-state index in [-0.39, 0.29) is 11.1 Å². The second-order valence-corrected chi connectivity index (χ2v) is 7.03. The zero-order valence-electron chi connectivity index (χ0n) is 15.6. The number of nitrogens with one attached hydrogen (secondary N) is 2. The summed E-state index contributed by atoms with van der Waals surface area (Å²) >= 11 is 0. The first kappa shape index (κ1) is 17.9. The Kier molecular flexibility index (Phi) is 4.93. The van der Waals surface area contributed by atoms with Gasteiger partial charge in [0.1, 0.15) is 16.9 Å². The number of benzene rings is 1. The van der Waals surface area contributed by atoms with E-state index in [4.69, 9.17) is 0 Å². The summed E-state index contributed by atoms with van der Waals surface area (Å²) in [6, 6.07) is 7.35. The zero-order chi connectivity index (χ0) is 18.8. The second kappa shape index (κ2) is 7.15. The highest BCUT2D eigenvalue weighted by atomic mass is 16.2. The summed E-state index contributed by atoms with van der Waals surface area (Å²) in [5, 5.41) is 2.85. The van der Waals surface area contributed by atoms with Crippen molar-refractivity contribution >= 4 is 22.6 Å². The van der Waals surface area contributed by atoms with Gasteiger partial charge < -0.3 is 14.9 Å². The van der Waals surface area contributed by atoms with Crippen molar-refractivity contribution < 1.29 is 4.79 Å². The van der Waals surface area contributed by atoms with Crippen LogP contribution in [0.25, 0.3) is 11.0 Å². The van der Waals surface area contributed by atoms with Crippen molar-refractivity contribution in [3.8, 4) is 0 Å². The third-order valence-electron chi connectivity index (χ3n) is 4.43. The molecule has 2 heterocycles. The molecular formula is C20H24N4O2. The summed E-state index contributed by atoms with van der Waals surface area (Å²) in [6.45, 7) is 8.46. The number of imidazole rings is 1. The first-order valence-electron chi connectivity index (χ1n) is 8.83. The van der Waals surface area contributed by atoms with Gasteiger partial charge in [-0.25, -0.2) is 4.98 Å². The third-order valence-corrected chi connectivity index (χ3v) is 4.43. The number of amides is 1. The maximum Gasteiger partial charge on any atom is 0.263 e. The Labute approximate surface area is 152 Å². The minimum absolute atomic E-state index is 0.181. The molecule has 0 bridgehead atoms. The molecule has 0 aliphatic rings. The first-order chi connectivity index (χ1) is 12.4. The first-order valence-corrected chi connectivity index (χ1v) is 8.83. The number of H-pyrrole nitrogens is 1. The largest absolute Gasteiger partial charge is 0.342 e. The standard InChI is InChI=1S/C20H24N4O2/c1-12(2)8-10-24-11-9-13(3)17(20(24)26)19(25)23-16-7-5-6-15-18(16)22-14(4)21-15/h5-7,9,11-12H,8,10H2,1-4H3,(H,21,22)(H,23,25). The molecule has 2 aromatic heterocycles. The summed E-state index contributed by atoms with van der Waals surface area (Å²) in [4.78, 5) is 33.2. The number of fused-ring (bicyclic) bond motifs is 1. The van der Waals surface area contributed by atoms with Crippen LogP contribution in [0.15, 0.2) is 35.3 Å². The number of nitrogens with zero attached hydrogens (tertiary/aromatic N) is 2. The number of pyridine rings is 1. The number of carbonyl (C=O) groups excluding carboxylic acids is 1. The lowest BCUT2D eigenvalue weighted by Crippen LogP contribution is -2.30. The molecule has 0 unspecified atom stereocenters. The maximum atomic E-state index is 12.8. The third kappa shape index (κ3) is 3.54. The number of hydrogen-bond donors (Lipinski definition) is 2. The summed E-state index contributed by atoms with van der Waals surface area (Å²) in [7, 11) is 0. The molecule has 6 heteroatoms. The number of aryl methyl sites for hydroxylation is 3. The van der Waals surface area contributed by atoms with E-state index < -0.39 is 5.91 Å². The van der Waals surface area contributed by atoms with E-state index in [0.717, 1.165) is 17.8 Å². The highest BCUT2D eigenvalue weighted by molar-refractivity contribution is 6.08. The number of hydrogen-bond acceptors (Lipinski definition) is 3. The Bertz CT molecular complexity index is 1010. The lowest BCUT2D eigenvalue weighted by Gasteiger charge is -2.12. The average Bonchev–Trinajstić information content (AvgIpc) is 2.95. The second-order valence-electron chi connectivity index (χ2n) is 7.03. The molecule has 136 valence electrons. The van der Waals surface area contributed by atoms with Gasteiger partial charge in [-0.15, -0.1) is 0 Å². The molecule has 1 aromatic carbocycles. The van der Waals surface area contributed by atoms with E-state index in [2.05, 4.69) is 29.1 Å². The molecule has 0 spiro atoms. The molecule has 0 atom stereocenters. The fourth-order valence-electron chi connectivity index (χ4n) is 2.96. The molecule has 3 rings (SSSR count).